The largest absolute Gasteiger partial charge is 0.332 e. The topological polar surface area (TPSA) is 66.9 Å². The fraction of sp³-hybridized carbons (Fsp3) is 0.211. The zero-order chi connectivity index (χ0) is 17.6. The van der Waals surface area contributed by atoms with Gasteiger partial charge < -0.3 is 10.6 Å². The molecule has 0 bridgehead atoms. The summed E-state index contributed by atoms with van der Waals surface area (Å²) in [6, 6.07) is 13.3. The molecular weight excluding hydrogens is 332 g/mol. The fourth-order valence-corrected chi connectivity index (χ4v) is 3.47. The first-order chi connectivity index (χ1) is 12.1. The van der Waals surface area contributed by atoms with Gasteiger partial charge in [0.2, 0.25) is 0 Å². The molecule has 0 aliphatic carbocycles. The van der Waals surface area contributed by atoms with E-state index in [1.165, 1.54) is 10.4 Å². The van der Waals surface area contributed by atoms with Crippen LogP contribution in [-0.4, -0.2) is 16.0 Å². The number of anilines is 1. The number of aromatic nitrogens is 2. The summed E-state index contributed by atoms with van der Waals surface area (Å²) < 4.78 is 0. The maximum absolute atomic E-state index is 12.0. The number of rotatable bonds is 5. The van der Waals surface area contributed by atoms with Gasteiger partial charge in [-0.15, -0.1) is 11.3 Å². The zero-order valence-corrected chi connectivity index (χ0v) is 15.0. The van der Waals surface area contributed by atoms with Gasteiger partial charge in [0.15, 0.2) is 0 Å². The second kappa shape index (κ2) is 7.90. The Balaban J connectivity index is 1.57. The van der Waals surface area contributed by atoms with Crippen LogP contribution in [0, 0.1) is 6.92 Å². The summed E-state index contributed by atoms with van der Waals surface area (Å²) in [6.45, 7) is 4.60. The molecule has 2 heterocycles. The van der Waals surface area contributed by atoms with Crippen molar-refractivity contribution < 1.29 is 4.79 Å². The lowest BCUT2D eigenvalue weighted by atomic mass is 9.98. The lowest BCUT2D eigenvalue weighted by molar-refractivity contribution is 0.251. The van der Waals surface area contributed by atoms with Crippen LogP contribution in [-0.2, 0) is 6.54 Å². The van der Waals surface area contributed by atoms with Crippen molar-refractivity contribution in [2.75, 3.05) is 5.32 Å². The first kappa shape index (κ1) is 17.1. The molecule has 5 nitrogen and oxygen atoms in total. The number of nitrogens with one attached hydrogen (secondary N) is 2. The third-order valence-corrected chi connectivity index (χ3v) is 5.11. The van der Waals surface area contributed by atoms with Crippen molar-refractivity contribution in [3.8, 4) is 0 Å². The Morgan fingerprint density at radius 1 is 1.16 bits per heavy atom. The Bertz CT molecular complexity index is 830. The molecule has 0 aliphatic heterocycles. The van der Waals surface area contributed by atoms with E-state index in [-0.39, 0.29) is 6.03 Å². The molecule has 0 unspecified atom stereocenters. The van der Waals surface area contributed by atoms with Crippen LogP contribution in [0.1, 0.15) is 34.7 Å². The molecule has 0 saturated carbocycles. The fourth-order valence-electron chi connectivity index (χ4n) is 2.58. The monoisotopic (exact) mass is 352 g/mol. The first-order valence-electron chi connectivity index (χ1n) is 8.08. The number of aryl methyl sites for hydroxylation is 1. The SMILES string of the molecule is Cc1ncsc1[C@H](C)c1ccc(NC(=O)NCc2ccccn2)cc1. The van der Waals surface area contributed by atoms with Crippen LogP contribution in [0.15, 0.2) is 54.2 Å². The number of benzene rings is 1. The van der Waals surface area contributed by atoms with Crippen LogP contribution in [0.25, 0.3) is 0 Å². The number of carbonyl (C=O) groups excluding carboxylic acids is 1. The molecule has 2 amide bonds. The van der Waals surface area contributed by atoms with E-state index < -0.39 is 0 Å². The lowest BCUT2D eigenvalue weighted by Crippen LogP contribution is -2.28. The van der Waals surface area contributed by atoms with E-state index in [9.17, 15) is 4.79 Å². The normalized spacial score (nSPS) is 11.8. The highest BCUT2D eigenvalue weighted by atomic mass is 32.1. The van der Waals surface area contributed by atoms with Crippen molar-refractivity contribution in [2.24, 2.45) is 0 Å². The second-order valence-corrected chi connectivity index (χ2v) is 6.66. The Morgan fingerprint density at radius 2 is 1.96 bits per heavy atom. The number of thiazole rings is 1. The van der Waals surface area contributed by atoms with Crippen molar-refractivity contribution in [3.63, 3.8) is 0 Å². The second-order valence-electron chi connectivity index (χ2n) is 5.77. The van der Waals surface area contributed by atoms with E-state index in [1.54, 1.807) is 17.5 Å². The van der Waals surface area contributed by atoms with Crippen LogP contribution >= 0.6 is 11.3 Å². The number of hydrogen-bond donors (Lipinski definition) is 2. The van der Waals surface area contributed by atoms with Gasteiger partial charge in [0.25, 0.3) is 0 Å². The minimum atomic E-state index is -0.246. The molecule has 0 radical (unpaired) electrons. The first-order valence-corrected chi connectivity index (χ1v) is 8.96. The Morgan fingerprint density at radius 3 is 2.60 bits per heavy atom. The van der Waals surface area contributed by atoms with E-state index in [0.717, 1.165) is 17.1 Å². The zero-order valence-electron chi connectivity index (χ0n) is 14.2. The molecular formula is C19H20N4OS. The average molecular weight is 352 g/mol. The van der Waals surface area contributed by atoms with Crippen LogP contribution < -0.4 is 10.6 Å². The Hall–Kier alpha value is -2.73. The van der Waals surface area contributed by atoms with E-state index >= 15 is 0 Å². The van der Waals surface area contributed by atoms with Gasteiger partial charge in [0.05, 0.1) is 23.4 Å². The van der Waals surface area contributed by atoms with E-state index in [1.807, 2.05) is 54.9 Å². The van der Waals surface area contributed by atoms with Gasteiger partial charge in [0.1, 0.15) is 0 Å². The highest BCUT2D eigenvalue weighted by Crippen LogP contribution is 2.30. The molecule has 1 atom stereocenters. The number of pyridine rings is 1. The molecule has 0 spiro atoms. The molecule has 25 heavy (non-hydrogen) atoms. The summed E-state index contributed by atoms with van der Waals surface area (Å²) >= 11 is 1.68. The predicted octanol–water partition coefficient (Wildman–Crippen LogP) is 4.32. The van der Waals surface area contributed by atoms with Gasteiger partial charge >= 0.3 is 6.03 Å². The summed E-state index contributed by atoms with van der Waals surface area (Å²) in [5, 5.41) is 5.63. The summed E-state index contributed by atoms with van der Waals surface area (Å²) in [5.41, 5.74) is 5.74. The molecule has 0 fully saturated rings. The standard InChI is InChI=1S/C19H20N4OS/c1-13(18-14(2)22-12-25-18)15-6-8-16(9-7-15)23-19(24)21-11-17-5-3-4-10-20-17/h3-10,12-13H,11H2,1-2H3,(H2,21,23,24)/t13-/m1/s1. The molecule has 0 aliphatic rings. The number of nitrogens with zero attached hydrogens (tertiary/aromatic N) is 2. The van der Waals surface area contributed by atoms with Crippen molar-refractivity contribution in [3.05, 3.63) is 76.0 Å². The molecule has 0 saturated heterocycles. The molecule has 128 valence electrons. The third-order valence-electron chi connectivity index (χ3n) is 4.00. The smallest absolute Gasteiger partial charge is 0.319 e. The molecule has 6 heteroatoms. The van der Waals surface area contributed by atoms with E-state index in [0.29, 0.717) is 12.5 Å². The number of urea groups is 1. The molecule has 2 aromatic heterocycles. The van der Waals surface area contributed by atoms with Crippen molar-refractivity contribution in [2.45, 2.75) is 26.3 Å². The maximum Gasteiger partial charge on any atom is 0.319 e. The third kappa shape index (κ3) is 4.42. The van der Waals surface area contributed by atoms with Gasteiger partial charge in [-0.25, -0.2) is 9.78 Å². The van der Waals surface area contributed by atoms with Gasteiger partial charge in [0, 0.05) is 22.7 Å². The van der Waals surface area contributed by atoms with Crippen molar-refractivity contribution in [1.82, 2.24) is 15.3 Å². The minimum absolute atomic E-state index is 0.246. The van der Waals surface area contributed by atoms with Crippen LogP contribution in [0.2, 0.25) is 0 Å². The lowest BCUT2D eigenvalue weighted by Gasteiger charge is -2.12. The number of hydrogen-bond acceptors (Lipinski definition) is 4. The van der Waals surface area contributed by atoms with Gasteiger partial charge in [-0.05, 0) is 36.8 Å². The minimum Gasteiger partial charge on any atom is -0.332 e. The van der Waals surface area contributed by atoms with E-state index in [2.05, 4.69) is 27.5 Å². The highest BCUT2D eigenvalue weighted by Gasteiger charge is 2.13. The van der Waals surface area contributed by atoms with Gasteiger partial charge in [-0.3, -0.25) is 4.98 Å². The van der Waals surface area contributed by atoms with Crippen LogP contribution in [0.5, 0.6) is 0 Å². The number of amides is 2. The highest BCUT2D eigenvalue weighted by molar-refractivity contribution is 7.09. The molecule has 1 aromatic carbocycles. The van der Waals surface area contributed by atoms with Crippen LogP contribution in [0.4, 0.5) is 10.5 Å². The van der Waals surface area contributed by atoms with E-state index in [4.69, 9.17) is 0 Å². The average Bonchev–Trinajstić information content (AvgIpc) is 3.07. The van der Waals surface area contributed by atoms with Gasteiger partial charge in [-0.2, -0.15) is 0 Å². The van der Waals surface area contributed by atoms with Crippen molar-refractivity contribution >= 4 is 23.1 Å². The summed E-state index contributed by atoms with van der Waals surface area (Å²) in [6.07, 6.45) is 1.71. The predicted molar refractivity (Wildman–Crippen MR) is 101 cm³/mol. The summed E-state index contributed by atoms with van der Waals surface area (Å²) in [5.74, 6) is 0.291. The van der Waals surface area contributed by atoms with Gasteiger partial charge in [-0.1, -0.05) is 25.1 Å². The summed E-state index contributed by atoms with van der Waals surface area (Å²) in [4.78, 5) is 21.7. The Labute approximate surface area is 151 Å². The Kier molecular flexibility index (Phi) is 5.40. The molecule has 3 aromatic rings. The maximum atomic E-state index is 12.0. The summed E-state index contributed by atoms with van der Waals surface area (Å²) in [7, 11) is 0. The number of carbonyl (C=O) groups is 1. The molecule has 3 rings (SSSR count). The quantitative estimate of drug-likeness (QED) is 0.718. The van der Waals surface area contributed by atoms with Crippen molar-refractivity contribution in [1.29, 1.82) is 0 Å². The molecule has 2 N–H and O–H groups in total. The van der Waals surface area contributed by atoms with Crippen LogP contribution in [0.3, 0.4) is 0 Å².